The van der Waals surface area contributed by atoms with Crippen LogP contribution in [-0.2, 0) is 4.74 Å². The van der Waals surface area contributed by atoms with Crippen LogP contribution in [-0.4, -0.2) is 32.3 Å². The summed E-state index contributed by atoms with van der Waals surface area (Å²) in [5, 5.41) is 5.87. The van der Waals surface area contributed by atoms with E-state index >= 15 is 0 Å². The Morgan fingerprint density at radius 1 is 0.909 bits per heavy atom. The van der Waals surface area contributed by atoms with E-state index in [0.717, 1.165) is 51.9 Å². The number of urea groups is 1. The quantitative estimate of drug-likeness (QED) is 0.557. The van der Waals surface area contributed by atoms with E-state index in [9.17, 15) is 4.79 Å². The third-order valence-electron chi connectivity index (χ3n) is 3.75. The van der Waals surface area contributed by atoms with Crippen LogP contribution < -0.4 is 10.6 Å². The largest absolute Gasteiger partial charge is 0.381 e. The average molecular weight is 315 g/mol. The Balaban J connectivity index is 3.65. The van der Waals surface area contributed by atoms with Crippen molar-refractivity contribution in [1.29, 1.82) is 0 Å². The van der Waals surface area contributed by atoms with Gasteiger partial charge in [0.1, 0.15) is 0 Å². The van der Waals surface area contributed by atoms with Gasteiger partial charge in [0.2, 0.25) is 0 Å². The normalized spacial score (nSPS) is 12.3. The number of carbonyl (C=O) groups is 1. The Kier molecular flexibility index (Phi) is 10.5. The minimum atomic E-state index is -0.0491. The SMILES string of the molecule is CCCOCCC(C)(C)CCNC(=O)NCCCC(C)(C)C. The number of rotatable bonds is 11. The monoisotopic (exact) mass is 314 g/mol. The number of nitrogens with one attached hydrogen (secondary N) is 2. The zero-order chi connectivity index (χ0) is 17.1. The van der Waals surface area contributed by atoms with Crippen molar-refractivity contribution in [3.05, 3.63) is 0 Å². The van der Waals surface area contributed by atoms with Crippen molar-refractivity contribution < 1.29 is 9.53 Å². The maximum absolute atomic E-state index is 11.7. The van der Waals surface area contributed by atoms with Crippen LogP contribution in [0.1, 0.15) is 73.6 Å². The summed E-state index contributed by atoms with van der Waals surface area (Å²) in [6, 6.07) is -0.0491. The van der Waals surface area contributed by atoms with E-state index in [2.05, 4.69) is 52.2 Å². The highest BCUT2D eigenvalue weighted by molar-refractivity contribution is 5.73. The molecular weight excluding hydrogens is 276 g/mol. The van der Waals surface area contributed by atoms with Crippen molar-refractivity contribution >= 4 is 6.03 Å². The molecule has 0 radical (unpaired) electrons. The summed E-state index contributed by atoms with van der Waals surface area (Å²) in [6.07, 6.45) is 5.21. The molecule has 0 atom stereocenters. The molecule has 132 valence electrons. The highest BCUT2D eigenvalue weighted by Crippen LogP contribution is 2.24. The summed E-state index contributed by atoms with van der Waals surface area (Å²) in [5.74, 6) is 0. The zero-order valence-electron chi connectivity index (χ0n) is 15.7. The van der Waals surface area contributed by atoms with Crippen LogP contribution in [0.4, 0.5) is 4.79 Å². The molecule has 0 saturated heterocycles. The molecule has 0 heterocycles. The molecule has 2 amide bonds. The van der Waals surface area contributed by atoms with Crippen molar-refractivity contribution in [2.24, 2.45) is 10.8 Å². The third kappa shape index (κ3) is 14.2. The minimum Gasteiger partial charge on any atom is -0.381 e. The molecule has 0 saturated carbocycles. The van der Waals surface area contributed by atoms with Crippen molar-refractivity contribution in [2.45, 2.75) is 73.6 Å². The molecule has 0 aromatic rings. The summed E-state index contributed by atoms with van der Waals surface area (Å²) >= 11 is 0. The number of ether oxygens (including phenoxy) is 1. The van der Waals surface area contributed by atoms with E-state index in [1.165, 1.54) is 0 Å². The van der Waals surface area contributed by atoms with Gasteiger partial charge < -0.3 is 15.4 Å². The van der Waals surface area contributed by atoms with Crippen LogP contribution in [0.3, 0.4) is 0 Å². The lowest BCUT2D eigenvalue weighted by Gasteiger charge is -2.24. The molecule has 0 unspecified atom stereocenters. The van der Waals surface area contributed by atoms with Gasteiger partial charge in [0.15, 0.2) is 0 Å². The first-order valence-corrected chi connectivity index (χ1v) is 8.76. The number of carbonyl (C=O) groups excluding carboxylic acids is 1. The van der Waals surface area contributed by atoms with Crippen LogP contribution in [0.5, 0.6) is 0 Å². The Morgan fingerprint density at radius 2 is 1.55 bits per heavy atom. The topological polar surface area (TPSA) is 50.4 Å². The predicted molar refractivity (Wildman–Crippen MR) is 94.2 cm³/mol. The van der Waals surface area contributed by atoms with Gasteiger partial charge in [0.05, 0.1) is 0 Å². The van der Waals surface area contributed by atoms with Crippen molar-refractivity contribution in [1.82, 2.24) is 10.6 Å². The fraction of sp³-hybridized carbons (Fsp3) is 0.944. The summed E-state index contributed by atoms with van der Waals surface area (Å²) in [4.78, 5) is 11.7. The Labute approximate surface area is 137 Å². The summed E-state index contributed by atoms with van der Waals surface area (Å²) in [6.45, 7) is 16.3. The van der Waals surface area contributed by atoms with Gasteiger partial charge in [0, 0.05) is 26.3 Å². The molecule has 0 fully saturated rings. The van der Waals surface area contributed by atoms with E-state index in [1.54, 1.807) is 0 Å². The number of hydrogen-bond donors (Lipinski definition) is 2. The summed E-state index contributed by atoms with van der Waals surface area (Å²) < 4.78 is 5.54. The second-order valence-electron chi connectivity index (χ2n) is 8.12. The fourth-order valence-corrected chi connectivity index (χ4v) is 2.12. The number of hydrogen-bond acceptors (Lipinski definition) is 2. The third-order valence-corrected chi connectivity index (χ3v) is 3.75. The predicted octanol–water partition coefficient (Wildman–Crippen LogP) is 4.34. The van der Waals surface area contributed by atoms with Gasteiger partial charge in [-0.15, -0.1) is 0 Å². The number of amides is 2. The van der Waals surface area contributed by atoms with Gasteiger partial charge >= 0.3 is 6.03 Å². The summed E-state index contributed by atoms with van der Waals surface area (Å²) in [7, 11) is 0. The van der Waals surface area contributed by atoms with Crippen LogP contribution in [0.15, 0.2) is 0 Å². The molecular formula is C18H38N2O2. The first-order valence-electron chi connectivity index (χ1n) is 8.76. The molecule has 0 aliphatic carbocycles. The van der Waals surface area contributed by atoms with E-state index in [1.807, 2.05) is 0 Å². The lowest BCUT2D eigenvalue weighted by atomic mass is 9.86. The molecule has 0 aromatic carbocycles. The lowest BCUT2D eigenvalue weighted by Crippen LogP contribution is -2.38. The van der Waals surface area contributed by atoms with Gasteiger partial charge in [-0.2, -0.15) is 0 Å². The second-order valence-corrected chi connectivity index (χ2v) is 8.12. The Hall–Kier alpha value is -0.770. The molecule has 0 bridgehead atoms. The van der Waals surface area contributed by atoms with E-state index in [0.29, 0.717) is 12.0 Å². The molecule has 22 heavy (non-hydrogen) atoms. The van der Waals surface area contributed by atoms with E-state index < -0.39 is 0 Å². The van der Waals surface area contributed by atoms with Crippen LogP contribution in [0.2, 0.25) is 0 Å². The van der Waals surface area contributed by atoms with Crippen LogP contribution >= 0.6 is 0 Å². The molecule has 0 aromatic heterocycles. The smallest absolute Gasteiger partial charge is 0.314 e. The van der Waals surface area contributed by atoms with Gasteiger partial charge in [-0.1, -0.05) is 41.5 Å². The molecule has 2 N–H and O–H groups in total. The fourth-order valence-electron chi connectivity index (χ4n) is 2.12. The molecule has 0 aliphatic heterocycles. The molecule has 0 spiro atoms. The first kappa shape index (κ1) is 21.2. The van der Waals surface area contributed by atoms with Crippen molar-refractivity contribution in [3.63, 3.8) is 0 Å². The molecule has 4 heteroatoms. The minimum absolute atomic E-state index is 0.0491. The molecule has 0 aliphatic rings. The highest BCUT2D eigenvalue weighted by Gasteiger charge is 2.17. The second kappa shape index (κ2) is 10.9. The lowest BCUT2D eigenvalue weighted by molar-refractivity contribution is 0.102. The van der Waals surface area contributed by atoms with Gasteiger partial charge in [-0.05, 0) is 42.9 Å². The van der Waals surface area contributed by atoms with Gasteiger partial charge in [0.25, 0.3) is 0 Å². The zero-order valence-corrected chi connectivity index (χ0v) is 15.7. The molecule has 4 nitrogen and oxygen atoms in total. The highest BCUT2D eigenvalue weighted by atomic mass is 16.5. The van der Waals surface area contributed by atoms with Crippen molar-refractivity contribution in [2.75, 3.05) is 26.3 Å². The maximum atomic E-state index is 11.7. The van der Waals surface area contributed by atoms with E-state index in [-0.39, 0.29) is 11.4 Å². The van der Waals surface area contributed by atoms with Crippen LogP contribution in [0, 0.1) is 10.8 Å². The van der Waals surface area contributed by atoms with Crippen molar-refractivity contribution in [3.8, 4) is 0 Å². The average Bonchev–Trinajstić information content (AvgIpc) is 2.38. The van der Waals surface area contributed by atoms with Gasteiger partial charge in [-0.25, -0.2) is 4.79 Å². The first-order chi connectivity index (χ1) is 10.2. The Morgan fingerprint density at radius 3 is 2.14 bits per heavy atom. The standard InChI is InChI=1S/C18H38N2O2/c1-7-14-22-15-11-18(5,6)10-13-20-16(21)19-12-8-9-17(2,3)4/h7-15H2,1-6H3,(H2,19,20,21). The Bertz CT molecular complexity index is 296. The molecule has 0 rings (SSSR count). The summed E-state index contributed by atoms with van der Waals surface area (Å²) in [5.41, 5.74) is 0.537. The van der Waals surface area contributed by atoms with Gasteiger partial charge in [-0.3, -0.25) is 0 Å². The van der Waals surface area contributed by atoms with Crippen LogP contribution in [0.25, 0.3) is 0 Å². The maximum Gasteiger partial charge on any atom is 0.314 e. The van der Waals surface area contributed by atoms with E-state index in [4.69, 9.17) is 4.74 Å².